The minimum absolute atomic E-state index is 0.229. The molecule has 148 valence electrons. The van der Waals surface area contributed by atoms with Crippen molar-refractivity contribution in [3.8, 4) is 0 Å². The molecule has 1 N–H and O–H groups in total. The molecule has 0 spiro atoms. The zero-order valence-electron chi connectivity index (χ0n) is 16.0. The maximum absolute atomic E-state index is 13.3. The normalized spacial score (nSPS) is 19.1. The predicted octanol–water partition coefficient (Wildman–Crippen LogP) is 2.54. The van der Waals surface area contributed by atoms with Gasteiger partial charge in [-0.25, -0.2) is 9.18 Å². The lowest BCUT2D eigenvalue weighted by molar-refractivity contribution is -0.139. The Bertz CT molecular complexity index is 908. The first-order chi connectivity index (χ1) is 13.3. The van der Waals surface area contributed by atoms with E-state index in [1.54, 1.807) is 33.0 Å². The number of rotatable bonds is 6. The van der Waals surface area contributed by atoms with Crippen molar-refractivity contribution < 1.29 is 23.2 Å². The average molecular weight is 387 g/mol. The second-order valence-electron chi connectivity index (χ2n) is 6.85. The third kappa shape index (κ3) is 3.49. The van der Waals surface area contributed by atoms with Crippen molar-refractivity contribution >= 4 is 17.8 Å². The quantitative estimate of drug-likeness (QED) is 0.772. The molecule has 8 heteroatoms. The summed E-state index contributed by atoms with van der Waals surface area (Å²) < 4.78 is 18.7. The molecule has 2 heterocycles. The maximum Gasteiger partial charge on any atom is 0.325 e. The molecule has 4 amide bonds. The van der Waals surface area contributed by atoms with Crippen LogP contribution in [0.15, 0.2) is 40.8 Å². The number of amides is 4. The van der Waals surface area contributed by atoms with Crippen LogP contribution in [0.5, 0.6) is 0 Å². The fraction of sp³-hybridized carbons (Fsp3) is 0.350. The predicted molar refractivity (Wildman–Crippen MR) is 98.5 cm³/mol. The Hall–Kier alpha value is -3.16. The zero-order valence-corrected chi connectivity index (χ0v) is 16.0. The molecule has 1 aromatic carbocycles. The van der Waals surface area contributed by atoms with Gasteiger partial charge in [-0.3, -0.25) is 14.5 Å². The van der Waals surface area contributed by atoms with E-state index >= 15 is 0 Å². The second-order valence-corrected chi connectivity index (χ2v) is 6.85. The first-order valence-corrected chi connectivity index (χ1v) is 8.96. The van der Waals surface area contributed by atoms with Gasteiger partial charge in [-0.1, -0.05) is 19.1 Å². The number of nitrogens with one attached hydrogen (secondary N) is 1. The van der Waals surface area contributed by atoms with Gasteiger partial charge in [-0.15, -0.1) is 0 Å². The summed E-state index contributed by atoms with van der Waals surface area (Å²) in [5.41, 5.74) is -0.828. The number of likely N-dealkylation sites (N-methyl/N-ethyl adjacent to an activating group) is 1. The van der Waals surface area contributed by atoms with Gasteiger partial charge in [0.2, 0.25) is 5.91 Å². The van der Waals surface area contributed by atoms with Crippen molar-refractivity contribution in [1.29, 1.82) is 0 Å². The molecule has 0 unspecified atom stereocenters. The Morgan fingerprint density at radius 1 is 1.21 bits per heavy atom. The third-order valence-corrected chi connectivity index (χ3v) is 4.95. The van der Waals surface area contributed by atoms with Crippen LogP contribution in [0.4, 0.5) is 9.18 Å². The van der Waals surface area contributed by atoms with E-state index in [-0.39, 0.29) is 19.5 Å². The highest BCUT2D eigenvalue weighted by Crippen LogP contribution is 2.32. The van der Waals surface area contributed by atoms with E-state index in [1.807, 2.05) is 0 Å². The molecule has 0 radical (unpaired) electrons. The van der Waals surface area contributed by atoms with Gasteiger partial charge in [0.05, 0.1) is 6.54 Å². The minimum Gasteiger partial charge on any atom is -0.464 e. The van der Waals surface area contributed by atoms with E-state index in [0.717, 1.165) is 10.7 Å². The number of imide groups is 1. The average Bonchev–Trinajstić information content (AvgIpc) is 3.18. The topological polar surface area (TPSA) is 82.9 Å². The van der Waals surface area contributed by atoms with Gasteiger partial charge >= 0.3 is 6.03 Å². The van der Waals surface area contributed by atoms with Gasteiger partial charge in [0.25, 0.3) is 5.91 Å². The molecule has 3 rings (SSSR count). The summed E-state index contributed by atoms with van der Waals surface area (Å²) in [4.78, 5) is 40.3. The van der Waals surface area contributed by atoms with Crippen LogP contribution >= 0.6 is 0 Å². The van der Waals surface area contributed by atoms with E-state index < -0.39 is 29.2 Å². The summed E-state index contributed by atoms with van der Waals surface area (Å²) in [5, 5.41) is 2.68. The number of furan rings is 1. The van der Waals surface area contributed by atoms with Crippen molar-refractivity contribution in [2.24, 2.45) is 0 Å². The minimum atomic E-state index is -1.30. The van der Waals surface area contributed by atoms with E-state index in [2.05, 4.69) is 5.32 Å². The van der Waals surface area contributed by atoms with Gasteiger partial charge in [0.1, 0.15) is 29.4 Å². The lowest BCUT2D eigenvalue weighted by Gasteiger charge is -2.26. The molecule has 1 aliphatic rings. The molecule has 1 saturated heterocycles. The molecule has 1 aromatic heterocycles. The lowest BCUT2D eigenvalue weighted by atomic mass is 9.87. The van der Waals surface area contributed by atoms with Crippen LogP contribution in [0.2, 0.25) is 0 Å². The van der Waals surface area contributed by atoms with Crippen LogP contribution in [0, 0.1) is 12.7 Å². The summed E-state index contributed by atoms with van der Waals surface area (Å²) in [6.45, 7) is 3.40. The van der Waals surface area contributed by atoms with Gasteiger partial charge in [-0.05, 0) is 43.2 Å². The molecule has 28 heavy (non-hydrogen) atoms. The number of halogens is 1. The van der Waals surface area contributed by atoms with Gasteiger partial charge in [0, 0.05) is 7.05 Å². The summed E-state index contributed by atoms with van der Waals surface area (Å²) in [7, 11) is 1.58. The first kappa shape index (κ1) is 19.6. The third-order valence-electron chi connectivity index (χ3n) is 4.95. The lowest BCUT2D eigenvalue weighted by Crippen LogP contribution is -2.45. The summed E-state index contributed by atoms with van der Waals surface area (Å²) in [5.74, 6) is -0.0175. The molecule has 0 aliphatic carbocycles. The second kappa shape index (κ2) is 7.46. The maximum atomic E-state index is 13.3. The monoisotopic (exact) mass is 387 g/mol. The van der Waals surface area contributed by atoms with Crippen LogP contribution in [0.3, 0.4) is 0 Å². The highest BCUT2D eigenvalue weighted by molar-refractivity contribution is 6.09. The van der Waals surface area contributed by atoms with Crippen molar-refractivity contribution in [2.45, 2.75) is 32.4 Å². The Labute approximate surface area is 162 Å². The van der Waals surface area contributed by atoms with E-state index in [1.165, 1.54) is 29.2 Å². The van der Waals surface area contributed by atoms with Crippen LogP contribution in [-0.4, -0.2) is 41.2 Å². The van der Waals surface area contributed by atoms with Crippen LogP contribution in [0.25, 0.3) is 0 Å². The van der Waals surface area contributed by atoms with Gasteiger partial charge in [0.15, 0.2) is 0 Å². The highest BCUT2D eigenvalue weighted by atomic mass is 19.1. The Balaban J connectivity index is 1.75. The van der Waals surface area contributed by atoms with Gasteiger partial charge < -0.3 is 14.6 Å². The van der Waals surface area contributed by atoms with Crippen molar-refractivity contribution in [3.63, 3.8) is 0 Å². The highest BCUT2D eigenvalue weighted by Gasteiger charge is 2.51. The molecule has 0 saturated carbocycles. The molecule has 1 fully saturated rings. The van der Waals surface area contributed by atoms with E-state index in [4.69, 9.17) is 4.42 Å². The number of aryl methyl sites for hydroxylation is 1. The fourth-order valence-corrected chi connectivity index (χ4v) is 3.29. The largest absolute Gasteiger partial charge is 0.464 e. The number of carbonyl (C=O) groups is 3. The number of nitrogens with zero attached hydrogens (tertiary/aromatic N) is 2. The van der Waals surface area contributed by atoms with Crippen molar-refractivity contribution in [2.75, 3.05) is 13.6 Å². The van der Waals surface area contributed by atoms with Gasteiger partial charge in [-0.2, -0.15) is 0 Å². The van der Waals surface area contributed by atoms with Crippen LogP contribution in [-0.2, 0) is 21.7 Å². The molecule has 2 aromatic rings. The number of hydrogen-bond donors (Lipinski definition) is 1. The SMILES string of the molecule is CC[C@@]1(c2ccc(F)cc2)NC(=O)N(CC(=O)N(C)Cc2ccc(C)o2)C1=O. The molecular weight excluding hydrogens is 365 g/mol. The Kier molecular flexibility index (Phi) is 5.22. The summed E-state index contributed by atoms with van der Waals surface area (Å²) in [6, 6.07) is 8.32. The number of carbonyl (C=O) groups excluding carboxylic acids is 3. The van der Waals surface area contributed by atoms with Crippen molar-refractivity contribution in [1.82, 2.24) is 15.1 Å². The molecular formula is C20H22FN3O4. The van der Waals surface area contributed by atoms with Crippen LogP contribution in [0.1, 0.15) is 30.4 Å². The molecule has 1 atom stereocenters. The smallest absolute Gasteiger partial charge is 0.325 e. The Morgan fingerprint density at radius 3 is 2.46 bits per heavy atom. The summed E-state index contributed by atoms with van der Waals surface area (Å²) in [6.07, 6.45) is 0.273. The van der Waals surface area contributed by atoms with E-state index in [0.29, 0.717) is 11.3 Å². The number of urea groups is 1. The molecule has 0 bridgehead atoms. The summed E-state index contributed by atoms with van der Waals surface area (Å²) >= 11 is 0. The number of benzene rings is 1. The number of hydrogen-bond acceptors (Lipinski definition) is 4. The first-order valence-electron chi connectivity index (χ1n) is 8.96. The van der Waals surface area contributed by atoms with E-state index in [9.17, 15) is 18.8 Å². The van der Waals surface area contributed by atoms with Crippen LogP contribution < -0.4 is 5.32 Å². The van der Waals surface area contributed by atoms with Crippen molar-refractivity contribution in [3.05, 3.63) is 59.3 Å². The molecule has 1 aliphatic heterocycles. The fourth-order valence-electron chi connectivity index (χ4n) is 3.29. The zero-order chi connectivity index (χ0) is 20.5. The molecule has 7 nitrogen and oxygen atoms in total. The Morgan fingerprint density at radius 2 is 1.89 bits per heavy atom. The standard InChI is InChI=1S/C20H22FN3O4/c1-4-20(14-6-8-15(21)9-7-14)18(26)24(19(27)22-20)12-17(25)23(3)11-16-10-5-13(2)28-16/h5-10H,4,11-12H2,1-3H3,(H,22,27)/t20-/m0/s1.